The summed E-state index contributed by atoms with van der Waals surface area (Å²) in [7, 11) is 0. The summed E-state index contributed by atoms with van der Waals surface area (Å²) >= 11 is 0. The summed E-state index contributed by atoms with van der Waals surface area (Å²) in [6.07, 6.45) is 15.3. The molecule has 0 heterocycles. The SMILES string of the molecule is C=C(C)C(=O)OCC(COC(=O)C(C)(C)CO)C1CCC(CCC2CCC(CCCCF)CC2)CC1. The first-order valence-electron chi connectivity index (χ1n) is 14.3. The molecular formula is C30H51FO5. The van der Waals surface area contributed by atoms with Crippen LogP contribution >= 0.6 is 0 Å². The summed E-state index contributed by atoms with van der Waals surface area (Å²) < 4.78 is 23.4. The molecule has 5 nitrogen and oxygen atoms in total. The van der Waals surface area contributed by atoms with Gasteiger partial charge in [-0.25, -0.2) is 4.79 Å². The number of hydrogen-bond acceptors (Lipinski definition) is 5. The van der Waals surface area contributed by atoms with Crippen molar-refractivity contribution in [2.24, 2.45) is 35.0 Å². The normalized spacial score (nSPS) is 25.7. The van der Waals surface area contributed by atoms with Crippen molar-refractivity contribution in [3.63, 3.8) is 0 Å². The maximum absolute atomic E-state index is 12.4. The number of aliphatic hydroxyl groups excluding tert-OH is 1. The van der Waals surface area contributed by atoms with Gasteiger partial charge in [-0.2, -0.15) is 0 Å². The third-order valence-electron chi connectivity index (χ3n) is 8.66. The van der Waals surface area contributed by atoms with Crippen LogP contribution in [0.5, 0.6) is 0 Å². The molecule has 1 N–H and O–H groups in total. The fraction of sp³-hybridized carbons (Fsp3) is 0.867. The monoisotopic (exact) mass is 510 g/mol. The molecule has 6 heteroatoms. The minimum Gasteiger partial charge on any atom is -0.465 e. The lowest BCUT2D eigenvalue weighted by Crippen LogP contribution is -2.35. The minimum absolute atomic E-state index is 0.0413. The van der Waals surface area contributed by atoms with Crippen LogP contribution in [0.4, 0.5) is 4.39 Å². The second kappa shape index (κ2) is 15.7. The van der Waals surface area contributed by atoms with E-state index < -0.39 is 17.4 Å². The first-order valence-corrected chi connectivity index (χ1v) is 14.3. The van der Waals surface area contributed by atoms with Crippen molar-refractivity contribution in [2.45, 2.75) is 104 Å². The van der Waals surface area contributed by atoms with Crippen molar-refractivity contribution in [3.8, 4) is 0 Å². The van der Waals surface area contributed by atoms with Gasteiger partial charge in [0.2, 0.25) is 0 Å². The molecule has 1 atom stereocenters. The second-order valence-corrected chi connectivity index (χ2v) is 12.2. The molecule has 2 saturated carbocycles. The first-order chi connectivity index (χ1) is 17.2. The Bertz CT molecular complexity index is 675. The van der Waals surface area contributed by atoms with Crippen molar-refractivity contribution in [3.05, 3.63) is 12.2 Å². The maximum Gasteiger partial charge on any atom is 0.333 e. The molecule has 0 amide bonds. The number of esters is 2. The van der Waals surface area contributed by atoms with E-state index in [1.165, 1.54) is 57.8 Å². The summed E-state index contributed by atoms with van der Waals surface area (Å²) in [4.78, 5) is 24.4. The molecule has 36 heavy (non-hydrogen) atoms. The Morgan fingerprint density at radius 2 is 1.39 bits per heavy atom. The number of rotatable bonds is 15. The Kier molecular flexibility index (Phi) is 13.5. The minimum atomic E-state index is -0.940. The molecule has 2 aliphatic carbocycles. The van der Waals surface area contributed by atoms with Crippen molar-refractivity contribution in [1.82, 2.24) is 0 Å². The van der Waals surface area contributed by atoms with E-state index in [9.17, 15) is 19.1 Å². The van der Waals surface area contributed by atoms with Gasteiger partial charge in [0.1, 0.15) is 0 Å². The van der Waals surface area contributed by atoms with Gasteiger partial charge in [0, 0.05) is 11.5 Å². The van der Waals surface area contributed by atoms with Crippen molar-refractivity contribution >= 4 is 11.9 Å². The molecule has 1 unspecified atom stereocenters. The predicted octanol–water partition coefficient (Wildman–Crippen LogP) is 6.82. The van der Waals surface area contributed by atoms with Crippen LogP contribution in [0.25, 0.3) is 0 Å². The van der Waals surface area contributed by atoms with E-state index >= 15 is 0 Å². The van der Waals surface area contributed by atoms with Crippen LogP contribution in [0.1, 0.15) is 104 Å². The molecule has 0 saturated heterocycles. The average molecular weight is 511 g/mol. The number of ether oxygens (including phenoxy) is 2. The summed E-state index contributed by atoms with van der Waals surface area (Å²) in [5.41, 5.74) is -0.575. The van der Waals surface area contributed by atoms with Crippen LogP contribution in [0, 0.1) is 35.0 Å². The Labute approximate surface area is 218 Å². The van der Waals surface area contributed by atoms with Crippen LogP contribution in [0.3, 0.4) is 0 Å². The van der Waals surface area contributed by atoms with Gasteiger partial charge in [-0.05, 0) is 63.7 Å². The molecule has 0 aromatic rings. The van der Waals surface area contributed by atoms with Gasteiger partial charge >= 0.3 is 11.9 Å². The number of aliphatic hydroxyl groups is 1. The quantitative estimate of drug-likeness (QED) is 0.149. The molecular weight excluding hydrogens is 459 g/mol. The number of carbonyl (C=O) groups is 2. The van der Waals surface area contributed by atoms with Gasteiger partial charge in [-0.15, -0.1) is 0 Å². The van der Waals surface area contributed by atoms with Gasteiger partial charge in [0.15, 0.2) is 0 Å². The van der Waals surface area contributed by atoms with Crippen LogP contribution < -0.4 is 0 Å². The van der Waals surface area contributed by atoms with E-state index in [1.807, 2.05) is 0 Å². The van der Waals surface area contributed by atoms with Crippen molar-refractivity contribution in [2.75, 3.05) is 26.5 Å². The molecule has 2 fully saturated rings. The van der Waals surface area contributed by atoms with E-state index in [4.69, 9.17) is 9.47 Å². The lowest BCUT2D eigenvalue weighted by molar-refractivity contribution is -0.159. The number of alkyl halides is 1. The molecule has 2 aliphatic rings. The molecule has 0 aliphatic heterocycles. The topological polar surface area (TPSA) is 72.8 Å². The van der Waals surface area contributed by atoms with E-state index in [1.54, 1.807) is 20.8 Å². The lowest BCUT2D eigenvalue weighted by Gasteiger charge is -2.35. The zero-order valence-electron chi connectivity index (χ0n) is 23.1. The second-order valence-electron chi connectivity index (χ2n) is 12.2. The van der Waals surface area contributed by atoms with Gasteiger partial charge in [0.25, 0.3) is 0 Å². The highest BCUT2D eigenvalue weighted by Crippen LogP contribution is 2.39. The van der Waals surface area contributed by atoms with Crippen LogP contribution in [0.15, 0.2) is 12.2 Å². The summed E-state index contributed by atoms with van der Waals surface area (Å²) in [6, 6.07) is 0. The molecule has 2 rings (SSSR count). The van der Waals surface area contributed by atoms with Crippen molar-refractivity contribution in [1.29, 1.82) is 0 Å². The molecule has 0 spiro atoms. The number of halogens is 1. The highest BCUT2D eigenvalue weighted by Gasteiger charge is 2.33. The van der Waals surface area contributed by atoms with Crippen molar-refractivity contribution < 1.29 is 28.6 Å². The van der Waals surface area contributed by atoms with Gasteiger partial charge in [0.05, 0.1) is 31.9 Å². The Morgan fingerprint density at radius 1 is 0.889 bits per heavy atom. The lowest BCUT2D eigenvalue weighted by atomic mass is 9.72. The maximum atomic E-state index is 12.4. The molecule has 0 radical (unpaired) electrons. The van der Waals surface area contributed by atoms with E-state index in [0.29, 0.717) is 11.5 Å². The highest BCUT2D eigenvalue weighted by molar-refractivity contribution is 5.86. The fourth-order valence-electron chi connectivity index (χ4n) is 5.82. The van der Waals surface area contributed by atoms with E-state index in [-0.39, 0.29) is 32.4 Å². The van der Waals surface area contributed by atoms with E-state index in [0.717, 1.165) is 43.4 Å². The standard InChI is InChI=1S/C30H51FO5/c1-22(2)28(33)35-19-27(20-36-29(34)30(3,4)21-32)26-16-14-25(15-17-26)13-12-24-10-8-23(9-11-24)7-5-6-18-31/h23-27,32H,1,5-21H2,2-4H3. The number of carbonyl (C=O) groups excluding carboxylic acids is 2. The van der Waals surface area contributed by atoms with Gasteiger partial charge in [-0.1, -0.05) is 70.8 Å². The van der Waals surface area contributed by atoms with E-state index in [2.05, 4.69) is 6.58 Å². The third-order valence-corrected chi connectivity index (χ3v) is 8.66. The Balaban J connectivity index is 1.76. The number of unbranched alkanes of at least 4 members (excludes halogenated alkanes) is 1. The highest BCUT2D eigenvalue weighted by atomic mass is 19.1. The molecule has 0 aromatic heterocycles. The molecule has 0 bridgehead atoms. The molecule has 208 valence electrons. The van der Waals surface area contributed by atoms with Gasteiger partial charge in [-0.3, -0.25) is 9.18 Å². The van der Waals surface area contributed by atoms with Gasteiger partial charge < -0.3 is 14.6 Å². The first kappa shape index (κ1) is 30.8. The fourth-order valence-corrected chi connectivity index (χ4v) is 5.82. The summed E-state index contributed by atoms with van der Waals surface area (Å²) in [5, 5.41) is 9.45. The largest absolute Gasteiger partial charge is 0.465 e. The zero-order chi connectivity index (χ0) is 26.6. The number of hydrogen-bond donors (Lipinski definition) is 1. The third kappa shape index (κ3) is 10.5. The smallest absolute Gasteiger partial charge is 0.333 e. The molecule has 0 aromatic carbocycles. The predicted molar refractivity (Wildman–Crippen MR) is 141 cm³/mol. The Hall–Kier alpha value is -1.43. The average Bonchev–Trinajstić information content (AvgIpc) is 2.88. The summed E-state index contributed by atoms with van der Waals surface area (Å²) in [5.74, 6) is 1.89. The Morgan fingerprint density at radius 3 is 1.89 bits per heavy atom. The van der Waals surface area contributed by atoms with Crippen LogP contribution in [-0.4, -0.2) is 43.5 Å². The van der Waals surface area contributed by atoms with Crippen LogP contribution in [-0.2, 0) is 19.1 Å². The summed E-state index contributed by atoms with van der Waals surface area (Å²) in [6.45, 7) is 8.59. The zero-order valence-corrected chi connectivity index (χ0v) is 23.1. The van der Waals surface area contributed by atoms with Crippen LogP contribution in [0.2, 0.25) is 0 Å².